The van der Waals surface area contributed by atoms with Crippen LogP contribution in [0.4, 0.5) is 4.39 Å². The fraction of sp³-hybridized carbons (Fsp3) is 0.167. The van der Waals surface area contributed by atoms with Gasteiger partial charge in [0, 0.05) is 5.39 Å². The number of para-hydroxylation sites is 1. The Labute approximate surface area is 87.0 Å². The summed E-state index contributed by atoms with van der Waals surface area (Å²) in [5, 5.41) is 9.37. The highest BCUT2D eigenvalue weighted by Gasteiger charge is 2.06. The third-order valence-electron chi connectivity index (χ3n) is 2.34. The van der Waals surface area contributed by atoms with Gasteiger partial charge in [-0.3, -0.25) is 0 Å². The summed E-state index contributed by atoms with van der Waals surface area (Å²) in [5.74, 6) is -0.341. The molecule has 1 aromatic heterocycles. The SMILES string of the molecule is Cc1cc2cccc(F)c2nc1CC#N. The van der Waals surface area contributed by atoms with Crippen molar-refractivity contribution in [2.75, 3.05) is 0 Å². The van der Waals surface area contributed by atoms with Gasteiger partial charge in [0.1, 0.15) is 11.3 Å². The maximum atomic E-state index is 13.4. The first-order valence-corrected chi connectivity index (χ1v) is 4.64. The Kier molecular flexibility index (Phi) is 2.34. The van der Waals surface area contributed by atoms with Crippen LogP contribution in [0.2, 0.25) is 0 Å². The normalized spacial score (nSPS) is 10.2. The molecule has 2 rings (SSSR count). The molecule has 3 heteroatoms. The fourth-order valence-corrected chi connectivity index (χ4v) is 1.56. The van der Waals surface area contributed by atoms with Crippen molar-refractivity contribution in [2.45, 2.75) is 13.3 Å². The van der Waals surface area contributed by atoms with Gasteiger partial charge in [0.25, 0.3) is 0 Å². The zero-order valence-corrected chi connectivity index (χ0v) is 8.29. The topological polar surface area (TPSA) is 36.7 Å². The number of nitriles is 1. The van der Waals surface area contributed by atoms with Crippen LogP contribution in [0.5, 0.6) is 0 Å². The highest BCUT2D eigenvalue weighted by atomic mass is 19.1. The zero-order valence-electron chi connectivity index (χ0n) is 8.29. The van der Waals surface area contributed by atoms with E-state index >= 15 is 0 Å². The van der Waals surface area contributed by atoms with E-state index in [9.17, 15) is 4.39 Å². The Morgan fingerprint density at radius 1 is 1.47 bits per heavy atom. The molecule has 0 aliphatic carbocycles. The number of aryl methyl sites for hydroxylation is 1. The molecule has 2 aromatic rings. The van der Waals surface area contributed by atoms with Gasteiger partial charge in [-0.25, -0.2) is 9.37 Å². The van der Waals surface area contributed by atoms with Crippen LogP contribution in [0.25, 0.3) is 10.9 Å². The van der Waals surface area contributed by atoms with Crippen LogP contribution < -0.4 is 0 Å². The van der Waals surface area contributed by atoms with E-state index in [0.29, 0.717) is 11.2 Å². The lowest BCUT2D eigenvalue weighted by Crippen LogP contribution is -1.95. The van der Waals surface area contributed by atoms with Gasteiger partial charge in [0.15, 0.2) is 0 Å². The van der Waals surface area contributed by atoms with Crippen LogP contribution in [0.1, 0.15) is 11.3 Å². The minimum atomic E-state index is -0.341. The first-order chi connectivity index (χ1) is 7.22. The number of hydrogen-bond donors (Lipinski definition) is 0. The molecule has 0 atom stereocenters. The second-order valence-corrected chi connectivity index (χ2v) is 3.40. The Morgan fingerprint density at radius 3 is 3.00 bits per heavy atom. The summed E-state index contributed by atoms with van der Waals surface area (Å²) in [6.45, 7) is 1.88. The summed E-state index contributed by atoms with van der Waals surface area (Å²) in [6, 6.07) is 8.73. The summed E-state index contributed by atoms with van der Waals surface area (Å²) in [5.41, 5.74) is 1.91. The molecule has 0 spiro atoms. The third kappa shape index (κ3) is 1.66. The van der Waals surface area contributed by atoms with Crippen LogP contribution in [-0.2, 0) is 6.42 Å². The highest BCUT2D eigenvalue weighted by molar-refractivity contribution is 5.80. The molecule has 15 heavy (non-hydrogen) atoms. The number of rotatable bonds is 1. The molecule has 0 aliphatic heterocycles. The molecule has 0 N–H and O–H groups in total. The summed E-state index contributed by atoms with van der Waals surface area (Å²) in [7, 11) is 0. The molecule has 0 fully saturated rings. The van der Waals surface area contributed by atoms with Crippen LogP contribution in [0.3, 0.4) is 0 Å². The van der Waals surface area contributed by atoms with Crippen molar-refractivity contribution in [3.63, 3.8) is 0 Å². The van der Waals surface area contributed by atoms with E-state index in [1.807, 2.05) is 25.1 Å². The van der Waals surface area contributed by atoms with Crippen molar-refractivity contribution < 1.29 is 4.39 Å². The van der Waals surface area contributed by atoms with Crippen molar-refractivity contribution in [2.24, 2.45) is 0 Å². The van der Waals surface area contributed by atoms with E-state index in [1.165, 1.54) is 6.07 Å². The van der Waals surface area contributed by atoms with Gasteiger partial charge in [-0.1, -0.05) is 12.1 Å². The van der Waals surface area contributed by atoms with Crippen molar-refractivity contribution in [1.29, 1.82) is 5.26 Å². The Hall–Kier alpha value is -1.95. The van der Waals surface area contributed by atoms with Gasteiger partial charge >= 0.3 is 0 Å². The van der Waals surface area contributed by atoms with Crippen LogP contribution in [0.15, 0.2) is 24.3 Å². The number of hydrogen-bond acceptors (Lipinski definition) is 2. The third-order valence-corrected chi connectivity index (χ3v) is 2.34. The number of benzene rings is 1. The quantitative estimate of drug-likeness (QED) is 0.709. The molecule has 0 aliphatic rings. The predicted octanol–water partition coefficient (Wildman–Crippen LogP) is 2.75. The number of aromatic nitrogens is 1. The Balaban J connectivity index is 2.73. The maximum absolute atomic E-state index is 13.4. The lowest BCUT2D eigenvalue weighted by atomic mass is 10.1. The first-order valence-electron chi connectivity index (χ1n) is 4.64. The van der Waals surface area contributed by atoms with Gasteiger partial charge in [0.2, 0.25) is 0 Å². The summed E-state index contributed by atoms with van der Waals surface area (Å²) < 4.78 is 13.4. The van der Waals surface area contributed by atoms with E-state index in [-0.39, 0.29) is 12.2 Å². The number of pyridine rings is 1. The first kappa shape index (κ1) is 9.60. The van der Waals surface area contributed by atoms with E-state index < -0.39 is 0 Å². The molecular weight excluding hydrogens is 191 g/mol. The molecule has 1 aromatic carbocycles. The van der Waals surface area contributed by atoms with E-state index in [1.54, 1.807) is 6.07 Å². The van der Waals surface area contributed by atoms with Crippen molar-refractivity contribution in [3.05, 3.63) is 41.3 Å². The van der Waals surface area contributed by atoms with Gasteiger partial charge < -0.3 is 0 Å². The van der Waals surface area contributed by atoms with Gasteiger partial charge in [-0.15, -0.1) is 0 Å². The average molecular weight is 200 g/mol. The lowest BCUT2D eigenvalue weighted by molar-refractivity contribution is 0.636. The predicted molar refractivity (Wildman–Crippen MR) is 55.8 cm³/mol. The molecule has 2 nitrogen and oxygen atoms in total. The largest absolute Gasteiger partial charge is 0.248 e. The molecule has 0 unspecified atom stereocenters. The standard InChI is InChI=1S/C12H9FN2/c1-8-7-9-3-2-4-10(13)12(9)15-11(8)5-6-14/h2-4,7H,5H2,1H3. The second kappa shape index (κ2) is 3.66. The van der Waals surface area contributed by atoms with Crippen molar-refractivity contribution in [1.82, 2.24) is 4.98 Å². The summed E-state index contributed by atoms with van der Waals surface area (Å²) >= 11 is 0. The zero-order chi connectivity index (χ0) is 10.8. The summed E-state index contributed by atoms with van der Waals surface area (Å²) in [4.78, 5) is 4.17. The molecule has 0 saturated carbocycles. The van der Waals surface area contributed by atoms with Crippen molar-refractivity contribution >= 4 is 10.9 Å². The molecule has 1 heterocycles. The highest BCUT2D eigenvalue weighted by Crippen LogP contribution is 2.19. The van der Waals surface area contributed by atoms with Gasteiger partial charge in [-0.05, 0) is 24.6 Å². The molecular formula is C12H9FN2. The molecule has 0 bridgehead atoms. The van der Waals surface area contributed by atoms with E-state index in [0.717, 1.165) is 10.9 Å². The number of halogens is 1. The van der Waals surface area contributed by atoms with Crippen molar-refractivity contribution in [3.8, 4) is 6.07 Å². The fourth-order valence-electron chi connectivity index (χ4n) is 1.56. The van der Waals surface area contributed by atoms with E-state index in [2.05, 4.69) is 4.98 Å². The van der Waals surface area contributed by atoms with Crippen LogP contribution in [-0.4, -0.2) is 4.98 Å². The Bertz CT molecular complexity index is 555. The smallest absolute Gasteiger partial charge is 0.149 e. The minimum Gasteiger partial charge on any atom is -0.248 e. The molecule has 0 radical (unpaired) electrons. The number of fused-ring (bicyclic) bond motifs is 1. The average Bonchev–Trinajstić information content (AvgIpc) is 2.21. The minimum absolute atomic E-state index is 0.218. The molecule has 74 valence electrons. The van der Waals surface area contributed by atoms with Crippen LogP contribution in [0, 0.1) is 24.1 Å². The lowest BCUT2D eigenvalue weighted by Gasteiger charge is -2.04. The van der Waals surface area contributed by atoms with E-state index in [4.69, 9.17) is 5.26 Å². The summed E-state index contributed by atoms with van der Waals surface area (Å²) in [6.07, 6.45) is 0.218. The molecule has 0 saturated heterocycles. The van der Waals surface area contributed by atoms with Crippen LogP contribution >= 0.6 is 0 Å². The number of nitrogens with zero attached hydrogens (tertiary/aromatic N) is 2. The maximum Gasteiger partial charge on any atom is 0.149 e. The Morgan fingerprint density at radius 2 is 2.27 bits per heavy atom. The van der Waals surface area contributed by atoms with Gasteiger partial charge in [0.05, 0.1) is 18.2 Å². The second-order valence-electron chi connectivity index (χ2n) is 3.40. The van der Waals surface area contributed by atoms with Gasteiger partial charge in [-0.2, -0.15) is 5.26 Å². The monoisotopic (exact) mass is 200 g/mol. The molecule has 0 amide bonds.